The fourth-order valence-corrected chi connectivity index (χ4v) is 2.87. The molecule has 0 fully saturated rings. The van der Waals surface area contributed by atoms with Crippen LogP contribution in [0.5, 0.6) is 5.75 Å². The molecule has 150 valence electrons. The Morgan fingerprint density at radius 1 is 1.24 bits per heavy atom. The lowest BCUT2D eigenvalue weighted by Crippen LogP contribution is -2.26. The molecule has 8 nitrogen and oxygen atoms in total. The largest absolute Gasteiger partial charge is 0.489 e. The average molecular weight is 394 g/mol. The Labute approximate surface area is 168 Å². The number of aromatic nitrogens is 2. The summed E-state index contributed by atoms with van der Waals surface area (Å²) in [7, 11) is 3.63. The number of benzene rings is 2. The number of hydrogen-bond donors (Lipinski definition) is 0. The van der Waals surface area contributed by atoms with Crippen molar-refractivity contribution in [2.24, 2.45) is 7.05 Å². The molecule has 1 heterocycles. The number of carbonyl (C=O) groups excluding carboxylic acids is 1. The first-order valence-electron chi connectivity index (χ1n) is 9.04. The quantitative estimate of drug-likeness (QED) is 0.452. The highest BCUT2D eigenvalue weighted by molar-refractivity contribution is 5.94. The molecule has 0 bridgehead atoms. The van der Waals surface area contributed by atoms with Crippen molar-refractivity contribution >= 4 is 11.6 Å². The highest BCUT2D eigenvalue weighted by Crippen LogP contribution is 2.19. The first-order valence-corrected chi connectivity index (χ1v) is 9.04. The molecule has 8 heteroatoms. The highest BCUT2D eigenvalue weighted by Gasteiger charge is 2.15. The lowest BCUT2D eigenvalue weighted by Gasteiger charge is -2.17. The van der Waals surface area contributed by atoms with E-state index in [4.69, 9.17) is 4.74 Å². The van der Waals surface area contributed by atoms with Gasteiger partial charge in [-0.25, -0.2) is 0 Å². The summed E-state index contributed by atoms with van der Waals surface area (Å²) in [6.45, 7) is 2.70. The van der Waals surface area contributed by atoms with Crippen LogP contribution in [-0.2, 0) is 20.2 Å². The van der Waals surface area contributed by atoms with Crippen LogP contribution >= 0.6 is 0 Å². The molecular formula is C21H22N4O4. The van der Waals surface area contributed by atoms with Crippen LogP contribution in [0, 0.1) is 17.0 Å². The van der Waals surface area contributed by atoms with Gasteiger partial charge in [-0.1, -0.05) is 12.1 Å². The van der Waals surface area contributed by atoms with Crippen molar-refractivity contribution in [2.75, 3.05) is 7.05 Å². The second-order valence-corrected chi connectivity index (χ2v) is 6.78. The van der Waals surface area contributed by atoms with E-state index in [2.05, 4.69) is 5.10 Å². The fourth-order valence-electron chi connectivity index (χ4n) is 2.87. The van der Waals surface area contributed by atoms with Crippen molar-refractivity contribution in [1.29, 1.82) is 0 Å². The van der Waals surface area contributed by atoms with E-state index in [0.717, 1.165) is 16.8 Å². The van der Waals surface area contributed by atoms with Crippen LogP contribution in [0.3, 0.4) is 0 Å². The number of aryl methyl sites for hydroxylation is 1. The molecule has 0 radical (unpaired) electrons. The summed E-state index contributed by atoms with van der Waals surface area (Å²) in [6.07, 6.45) is 1.77. The Kier molecular flexibility index (Phi) is 5.92. The van der Waals surface area contributed by atoms with Crippen molar-refractivity contribution in [3.8, 4) is 5.75 Å². The van der Waals surface area contributed by atoms with Crippen molar-refractivity contribution in [3.63, 3.8) is 0 Å². The average Bonchev–Trinajstić information content (AvgIpc) is 3.04. The van der Waals surface area contributed by atoms with Gasteiger partial charge >= 0.3 is 0 Å². The van der Waals surface area contributed by atoms with Crippen molar-refractivity contribution in [2.45, 2.75) is 20.1 Å². The third-order valence-electron chi connectivity index (χ3n) is 4.72. The summed E-state index contributed by atoms with van der Waals surface area (Å²) in [4.78, 5) is 24.7. The van der Waals surface area contributed by atoms with Gasteiger partial charge in [0, 0.05) is 49.6 Å². The zero-order chi connectivity index (χ0) is 21.0. The third-order valence-corrected chi connectivity index (χ3v) is 4.72. The number of non-ortho nitro benzene ring substituents is 1. The monoisotopic (exact) mass is 394 g/mol. The lowest BCUT2D eigenvalue weighted by molar-refractivity contribution is -0.384. The minimum atomic E-state index is -0.456. The van der Waals surface area contributed by atoms with Gasteiger partial charge in [-0.3, -0.25) is 19.6 Å². The van der Waals surface area contributed by atoms with Gasteiger partial charge in [0.2, 0.25) is 0 Å². The summed E-state index contributed by atoms with van der Waals surface area (Å²) in [5, 5.41) is 14.9. The molecule has 3 rings (SSSR count). The molecule has 0 spiro atoms. The second kappa shape index (κ2) is 8.55. The Bertz CT molecular complexity index is 1030. The zero-order valence-electron chi connectivity index (χ0n) is 16.5. The maximum Gasteiger partial charge on any atom is 0.269 e. The molecule has 2 aromatic carbocycles. The zero-order valence-corrected chi connectivity index (χ0v) is 16.5. The molecule has 0 aliphatic rings. The van der Waals surface area contributed by atoms with Crippen LogP contribution in [0.4, 0.5) is 5.69 Å². The van der Waals surface area contributed by atoms with E-state index in [0.29, 0.717) is 17.9 Å². The van der Waals surface area contributed by atoms with Crippen LogP contribution in [0.25, 0.3) is 0 Å². The highest BCUT2D eigenvalue weighted by atomic mass is 16.6. The number of carbonyl (C=O) groups is 1. The molecule has 3 aromatic rings. The first-order chi connectivity index (χ1) is 13.8. The van der Waals surface area contributed by atoms with E-state index in [1.165, 1.54) is 12.1 Å². The van der Waals surface area contributed by atoms with E-state index < -0.39 is 4.92 Å². The fraction of sp³-hybridized carbons (Fsp3) is 0.238. The summed E-state index contributed by atoms with van der Waals surface area (Å²) < 4.78 is 7.46. The van der Waals surface area contributed by atoms with E-state index in [1.807, 2.05) is 26.1 Å². The van der Waals surface area contributed by atoms with Crippen LogP contribution in [0.15, 0.2) is 54.7 Å². The molecule has 29 heavy (non-hydrogen) atoms. The van der Waals surface area contributed by atoms with E-state index in [1.54, 1.807) is 47.1 Å². The number of nitrogens with zero attached hydrogens (tertiary/aromatic N) is 4. The molecule has 1 aromatic heterocycles. The van der Waals surface area contributed by atoms with Crippen molar-refractivity contribution in [3.05, 3.63) is 87.2 Å². The molecule has 0 unspecified atom stereocenters. The molecule has 0 aliphatic heterocycles. The van der Waals surface area contributed by atoms with Crippen molar-refractivity contribution < 1.29 is 14.5 Å². The second-order valence-electron chi connectivity index (χ2n) is 6.78. The van der Waals surface area contributed by atoms with Gasteiger partial charge in [-0.05, 0) is 36.8 Å². The predicted octanol–water partition coefficient (Wildman–Crippen LogP) is 3.49. The number of amides is 1. The third kappa shape index (κ3) is 4.78. The summed E-state index contributed by atoms with van der Waals surface area (Å²) >= 11 is 0. The summed E-state index contributed by atoms with van der Waals surface area (Å²) in [5.41, 5.74) is 3.44. The van der Waals surface area contributed by atoms with Gasteiger partial charge in [0.1, 0.15) is 12.4 Å². The van der Waals surface area contributed by atoms with Gasteiger partial charge in [0.15, 0.2) is 0 Å². The molecule has 0 N–H and O–H groups in total. The minimum absolute atomic E-state index is 0.0110. The Hall–Kier alpha value is -3.68. The molecule has 0 atom stereocenters. The molecular weight excluding hydrogens is 372 g/mol. The van der Waals surface area contributed by atoms with Crippen LogP contribution in [-0.4, -0.2) is 32.6 Å². The van der Waals surface area contributed by atoms with Crippen LogP contribution in [0.2, 0.25) is 0 Å². The maximum absolute atomic E-state index is 12.8. The number of ether oxygens (including phenoxy) is 1. The predicted molar refractivity (Wildman–Crippen MR) is 108 cm³/mol. The molecule has 0 saturated heterocycles. The number of hydrogen-bond acceptors (Lipinski definition) is 5. The topological polar surface area (TPSA) is 90.5 Å². The number of nitro groups is 1. The van der Waals surface area contributed by atoms with Gasteiger partial charge < -0.3 is 9.64 Å². The summed E-state index contributed by atoms with van der Waals surface area (Å²) in [6, 6.07) is 13.1. The smallest absolute Gasteiger partial charge is 0.269 e. The number of nitro benzene ring substituents is 1. The number of rotatable bonds is 7. The van der Waals surface area contributed by atoms with Gasteiger partial charge in [-0.2, -0.15) is 5.10 Å². The lowest BCUT2D eigenvalue weighted by atomic mass is 10.1. The van der Waals surface area contributed by atoms with E-state index in [-0.39, 0.29) is 18.2 Å². The molecule has 0 aliphatic carbocycles. The van der Waals surface area contributed by atoms with E-state index >= 15 is 0 Å². The molecule has 0 saturated carbocycles. The van der Waals surface area contributed by atoms with Gasteiger partial charge in [0.25, 0.3) is 11.6 Å². The Balaban J connectivity index is 1.64. The van der Waals surface area contributed by atoms with Crippen LogP contribution in [0.1, 0.15) is 27.2 Å². The Morgan fingerprint density at radius 3 is 2.59 bits per heavy atom. The van der Waals surface area contributed by atoms with Crippen molar-refractivity contribution in [1.82, 2.24) is 14.7 Å². The van der Waals surface area contributed by atoms with Gasteiger partial charge in [0.05, 0.1) is 11.1 Å². The normalized spacial score (nSPS) is 10.6. The maximum atomic E-state index is 12.8. The minimum Gasteiger partial charge on any atom is -0.489 e. The van der Waals surface area contributed by atoms with Crippen LogP contribution < -0.4 is 4.74 Å². The van der Waals surface area contributed by atoms with E-state index in [9.17, 15) is 14.9 Å². The molecule has 1 amide bonds. The standard InChI is InChI=1S/C21H22N4O4/c1-15-18(12-22-24(15)3)13-23(2)21(26)17-6-4-5-16(11-17)14-29-20-9-7-19(8-10-20)25(27)28/h4-12H,13-14H2,1-3H3. The van der Waals surface area contributed by atoms with Gasteiger partial charge in [-0.15, -0.1) is 0 Å². The summed E-state index contributed by atoms with van der Waals surface area (Å²) in [5.74, 6) is 0.432. The SMILES string of the molecule is Cc1c(CN(C)C(=O)c2cccc(COc3ccc([N+](=O)[O-])cc3)c2)cnn1C. The Morgan fingerprint density at radius 2 is 1.97 bits per heavy atom. The first kappa shape index (κ1) is 20.1.